The number of anilines is 1. The third-order valence-electron chi connectivity index (χ3n) is 7.10. The van der Waals surface area contributed by atoms with Crippen LogP contribution in [0.5, 0.6) is 0 Å². The monoisotopic (exact) mass is 543 g/mol. The van der Waals surface area contributed by atoms with Gasteiger partial charge < -0.3 is 20.3 Å². The summed E-state index contributed by atoms with van der Waals surface area (Å²) in [7, 11) is 0. The molecule has 5 rings (SSSR count). The first-order chi connectivity index (χ1) is 18.1. The van der Waals surface area contributed by atoms with E-state index >= 15 is 0 Å². The molecule has 2 unspecified atom stereocenters. The number of amides is 3. The van der Waals surface area contributed by atoms with E-state index in [0.717, 1.165) is 31.7 Å². The van der Waals surface area contributed by atoms with Crippen LogP contribution in [0, 0.1) is 11.8 Å². The number of aromatic nitrogens is 2. The summed E-state index contributed by atoms with van der Waals surface area (Å²) in [6, 6.07) is 7.01. The number of carbonyl (C=O) groups excluding carboxylic acids is 2. The number of piperazine rings is 1. The Balaban J connectivity index is 1.15. The van der Waals surface area contributed by atoms with Crippen LogP contribution in [0.4, 0.5) is 15.4 Å². The highest BCUT2D eigenvalue weighted by molar-refractivity contribution is 6.31. The second-order valence-electron chi connectivity index (χ2n) is 11.1. The summed E-state index contributed by atoms with van der Waals surface area (Å²) in [6.45, 7) is 10.7. The highest BCUT2D eigenvalue weighted by Gasteiger charge is 2.56. The molecule has 38 heavy (non-hydrogen) atoms. The number of piperidine rings is 1. The Morgan fingerprint density at radius 1 is 1.16 bits per heavy atom. The molecule has 11 nitrogen and oxygen atoms in total. The van der Waals surface area contributed by atoms with Crippen molar-refractivity contribution in [3.05, 3.63) is 51.5 Å². The third-order valence-corrected chi connectivity index (χ3v) is 7.46. The maximum absolute atomic E-state index is 12.7. The molecule has 0 bridgehead atoms. The van der Waals surface area contributed by atoms with Gasteiger partial charge >= 0.3 is 17.8 Å². The van der Waals surface area contributed by atoms with Gasteiger partial charge in [0, 0.05) is 63.1 Å². The van der Waals surface area contributed by atoms with Gasteiger partial charge in [0.15, 0.2) is 0 Å². The van der Waals surface area contributed by atoms with Crippen molar-refractivity contribution in [1.29, 1.82) is 0 Å². The molecule has 0 radical (unpaired) electrons. The van der Waals surface area contributed by atoms with Gasteiger partial charge in [-0.3, -0.25) is 14.8 Å². The van der Waals surface area contributed by atoms with Gasteiger partial charge in [-0.15, -0.1) is 0 Å². The molecule has 2 saturated heterocycles. The van der Waals surface area contributed by atoms with Crippen molar-refractivity contribution in [2.24, 2.45) is 11.8 Å². The number of benzene rings is 1. The molecule has 12 heteroatoms. The van der Waals surface area contributed by atoms with E-state index < -0.39 is 11.3 Å². The van der Waals surface area contributed by atoms with Crippen LogP contribution in [0.2, 0.25) is 5.02 Å². The lowest BCUT2D eigenvalue weighted by molar-refractivity contribution is 0.0513. The summed E-state index contributed by atoms with van der Waals surface area (Å²) in [5.74, 6) is 1.07. The smallest absolute Gasteiger partial charge is 0.407 e. The second-order valence-corrected chi connectivity index (χ2v) is 11.5. The average molecular weight is 544 g/mol. The number of alkyl carbamates (subject to hydrolysis) is 1. The van der Waals surface area contributed by atoms with E-state index in [-0.39, 0.29) is 24.0 Å². The number of hydrogen-bond donors (Lipinski definition) is 3. The van der Waals surface area contributed by atoms with Crippen molar-refractivity contribution in [3.63, 3.8) is 0 Å². The molecule has 1 aromatic carbocycles. The number of urea groups is 1. The second kappa shape index (κ2) is 10.5. The molecule has 3 amide bonds. The van der Waals surface area contributed by atoms with E-state index in [1.807, 2.05) is 32.9 Å². The summed E-state index contributed by atoms with van der Waals surface area (Å²) >= 11 is 6.60. The van der Waals surface area contributed by atoms with Crippen molar-refractivity contribution in [2.75, 3.05) is 44.6 Å². The van der Waals surface area contributed by atoms with Gasteiger partial charge in [-0.05, 0) is 56.4 Å². The van der Waals surface area contributed by atoms with Crippen LogP contribution in [0.25, 0.3) is 5.69 Å². The SMILES string of the molecule is CC(C)(C)OC(=O)NC1C2CN(Cc3ccc(-n4ccc(NC(=O)N5CCNCC5)nc4=O)cc3Cl)CC21. The average Bonchev–Trinajstić information content (AvgIpc) is 3.28. The molecular formula is C26H34ClN7O4. The Morgan fingerprint density at radius 2 is 1.87 bits per heavy atom. The standard InChI is InChI=1S/C26H34ClN7O4/c1-26(2,3)38-25(37)31-22-18-14-32(15-19(18)22)13-16-4-5-17(12-20(16)27)34-9-6-21(30-24(34)36)29-23(35)33-10-7-28-8-11-33/h4-6,9,12,18-19,22,28H,7-8,10-11,13-15H2,1-3H3,(H,31,37)(H,29,30,35,36). The van der Waals surface area contributed by atoms with E-state index in [9.17, 15) is 14.4 Å². The molecule has 3 fully saturated rings. The van der Waals surface area contributed by atoms with Crippen molar-refractivity contribution in [3.8, 4) is 5.69 Å². The number of fused-ring (bicyclic) bond motifs is 1. The molecule has 2 aromatic rings. The van der Waals surface area contributed by atoms with Gasteiger partial charge in [-0.2, -0.15) is 4.98 Å². The van der Waals surface area contributed by atoms with Gasteiger partial charge in [0.05, 0.1) is 5.69 Å². The first kappa shape index (κ1) is 26.5. The number of nitrogens with one attached hydrogen (secondary N) is 3. The lowest BCUT2D eigenvalue weighted by Gasteiger charge is -2.27. The molecule has 1 aliphatic carbocycles. The Morgan fingerprint density at radius 3 is 2.50 bits per heavy atom. The van der Waals surface area contributed by atoms with E-state index in [1.165, 1.54) is 4.57 Å². The summed E-state index contributed by atoms with van der Waals surface area (Å²) in [6.07, 6.45) is 1.22. The number of likely N-dealkylation sites (tertiary alicyclic amines) is 1. The van der Waals surface area contributed by atoms with Crippen LogP contribution in [0.15, 0.2) is 35.3 Å². The fourth-order valence-corrected chi connectivity index (χ4v) is 5.42. The Hall–Kier alpha value is -3.15. The zero-order valence-corrected chi connectivity index (χ0v) is 22.6. The first-order valence-corrected chi connectivity index (χ1v) is 13.3. The number of halogens is 1. The van der Waals surface area contributed by atoms with Gasteiger partial charge in [-0.25, -0.2) is 14.4 Å². The zero-order chi connectivity index (χ0) is 27.0. The molecule has 1 saturated carbocycles. The zero-order valence-electron chi connectivity index (χ0n) is 21.9. The van der Waals surface area contributed by atoms with E-state index in [0.29, 0.717) is 42.2 Å². The summed E-state index contributed by atoms with van der Waals surface area (Å²) in [5, 5.41) is 9.44. The lowest BCUT2D eigenvalue weighted by Crippen LogP contribution is -2.48. The van der Waals surface area contributed by atoms with Crippen molar-refractivity contribution in [2.45, 2.75) is 39.0 Å². The largest absolute Gasteiger partial charge is 0.444 e. The van der Waals surface area contributed by atoms with E-state index in [2.05, 4.69) is 25.8 Å². The molecule has 3 N–H and O–H groups in total. The van der Waals surface area contributed by atoms with Crippen molar-refractivity contribution < 1.29 is 14.3 Å². The van der Waals surface area contributed by atoms with Gasteiger partial charge in [0.2, 0.25) is 0 Å². The van der Waals surface area contributed by atoms with Crippen LogP contribution in [0.3, 0.4) is 0 Å². The van der Waals surface area contributed by atoms with Crippen LogP contribution < -0.4 is 21.6 Å². The lowest BCUT2D eigenvalue weighted by atomic mass is 10.2. The predicted octanol–water partition coefficient (Wildman–Crippen LogP) is 2.28. The first-order valence-electron chi connectivity index (χ1n) is 12.9. The number of nitrogens with zero attached hydrogens (tertiary/aromatic N) is 4. The fraction of sp³-hybridized carbons (Fsp3) is 0.538. The number of ether oxygens (including phenoxy) is 1. The van der Waals surface area contributed by atoms with Crippen molar-refractivity contribution >= 4 is 29.5 Å². The minimum atomic E-state index is -0.507. The number of hydrogen-bond acceptors (Lipinski definition) is 7. The molecule has 2 atom stereocenters. The molecule has 3 aliphatic rings. The van der Waals surface area contributed by atoms with Crippen LogP contribution >= 0.6 is 11.6 Å². The molecule has 0 spiro atoms. The predicted molar refractivity (Wildman–Crippen MR) is 144 cm³/mol. The summed E-state index contributed by atoms with van der Waals surface area (Å²) in [4.78, 5) is 45.2. The molecule has 2 aliphatic heterocycles. The normalized spacial score (nSPS) is 23.1. The van der Waals surface area contributed by atoms with Crippen LogP contribution in [-0.4, -0.2) is 82.4 Å². The van der Waals surface area contributed by atoms with Gasteiger partial charge in [-0.1, -0.05) is 17.7 Å². The minimum absolute atomic E-state index is 0.169. The highest BCUT2D eigenvalue weighted by atomic mass is 35.5. The topological polar surface area (TPSA) is 121 Å². The van der Waals surface area contributed by atoms with Gasteiger partial charge in [0.1, 0.15) is 11.4 Å². The van der Waals surface area contributed by atoms with Crippen molar-refractivity contribution in [1.82, 2.24) is 30.0 Å². The highest BCUT2D eigenvalue weighted by Crippen LogP contribution is 2.46. The molecule has 204 valence electrons. The fourth-order valence-electron chi connectivity index (χ4n) is 5.18. The van der Waals surface area contributed by atoms with E-state index in [1.54, 1.807) is 23.2 Å². The maximum atomic E-state index is 12.7. The van der Waals surface area contributed by atoms with Crippen LogP contribution in [-0.2, 0) is 11.3 Å². The van der Waals surface area contributed by atoms with Crippen LogP contribution in [0.1, 0.15) is 26.3 Å². The quantitative estimate of drug-likeness (QED) is 0.529. The summed E-state index contributed by atoms with van der Waals surface area (Å²) < 4.78 is 6.76. The molecular weight excluding hydrogens is 510 g/mol. The Bertz CT molecular complexity index is 1260. The third kappa shape index (κ3) is 6.11. The Labute approximate surface area is 226 Å². The Kier molecular flexibility index (Phi) is 7.34. The number of carbonyl (C=O) groups is 2. The van der Waals surface area contributed by atoms with E-state index in [4.69, 9.17) is 16.3 Å². The minimum Gasteiger partial charge on any atom is -0.444 e. The maximum Gasteiger partial charge on any atom is 0.407 e. The molecule has 3 heterocycles. The van der Waals surface area contributed by atoms with Gasteiger partial charge in [0.25, 0.3) is 0 Å². The summed E-state index contributed by atoms with van der Waals surface area (Å²) in [5.41, 5.74) is 0.555. The number of rotatable bonds is 5. The molecule has 1 aromatic heterocycles.